The van der Waals surface area contributed by atoms with Crippen LogP contribution in [0.3, 0.4) is 0 Å². The van der Waals surface area contributed by atoms with Crippen LogP contribution in [-0.4, -0.2) is 41.3 Å². The average Bonchev–Trinajstić information content (AvgIpc) is 2.48. The summed E-state index contributed by atoms with van der Waals surface area (Å²) in [6, 6.07) is 4.60. The number of rotatable bonds is 5. The number of piperidine rings is 1. The van der Waals surface area contributed by atoms with Gasteiger partial charge in [0.05, 0.1) is 19.1 Å². The highest BCUT2D eigenvalue weighted by molar-refractivity contribution is 7.89. The summed E-state index contributed by atoms with van der Waals surface area (Å²) in [5.74, 6) is 0.902. The number of methoxy groups -OCH3 is 2. The number of sulfonamides is 1. The molecule has 1 aromatic rings. The van der Waals surface area contributed by atoms with Crippen LogP contribution in [0.4, 0.5) is 0 Å². The van der Waals surface area contributed by atoms with Gasteiger partial charge in [0.25, 0.3) is 0 Å². The third kappa shape index (κ3) is 3.66. The predicted molar refractivity (Wildman–Crippen MR) is 80.4 cm³/mol. The summed E-state index contributed by atoms with van der Waals surface area (Å²) >= 11 is 0. The molecule has 2 unspecified atom stereocenters. The summed E-state index contributed by atoms with van der Waals surface area (Å²) in [7, 11) is -0.581. The SMILES string of the molecule is COc1ccc(S(=O)(=O)NC2CCCNC2C)cc1OC. The minimum atomic E-state index is -3.58. The van der Waals surface area contributed by atoms with E-state index >= 15 is 0 Å². The van der Waals surface area contributed by atoms with Gasteiger partial charge in [-0.1, -0.05) is 0 Å². The third-order valence-corrected chi connectivity index (χ3v) is 5.22. The topological polar surface area (TPSA) is 76.7 Å². The highest BCUT2D eigenvalue weighted by atomic mass is 32.2. The Morgan fingerprint density at radius 2 is 1.95 bits per heavy atom. The second-order valence-corrected chi connectivity index (χ2v) is 6.84. The van der Waals surface area contributed by atoms with Crippen molar-refractivity contribution in [3.8, 4) is 11.5 Å². The van der Waals surface area contributed by atoms with E-state index in [1.54, 1.807) is 6.07 Å². The molecule has 1 saturated heterocycles. The monoisotopic (exact) mass is 314 g/mol. The van der Waals surface area contributed by atoms with Crippen molar-refractivity contribution >= 4 is 10.0 Å². The molecular weight excluding hydrogens is 292 g/mol. The number of ether oxygens (including phenoxy) is 2. The van der Waals surface area contributed by atoms with Crippen molar-refractivity contribution in [3.63, 3.8) is 0 Å². The van der Waals surface area contributed by atoms with Crippen molar-refractivity contribution in [2.75, 3.05) is 20.8 Å². The quantitative estimate of drug-likeness (QED) is 0.852. The normalized spacial score (nSPS) is 22.8. The summed E-state index contributed by atoms with van der Waals surface area (Å²) in [6.07, 6.45) is 1.80. The molecule has 6 nitrogen and oxygen atoms in total. The first kappa shape index (κ1) is 16.1. The first-order valence-electron chi connectivity index (χ1n) is 6.95. The molecule has 0 amide bonds. The first-order valence-corrected chi connectivity index (χ1v) is 8.44. The van der Waals surface area contributed by atoms with E-state index in [9.17, 15) is 8.42 Å². The second-order valence-electron chi connectivity index (χ2n) is 5.13. The molecule has 0 bridgehead atoms. The van der Waals surface area contributed by atoms with E-state index in [0.717, 1.165) is 19.4 Å². The number of benzene rings is 1. The minimum absolute atomic E-state index is 0.100. The lowest BCUT2D eigenvalue weighted by Crippen LogP contribution is -2.51. The Morgan fingerprint density at radius 1 is 1.24 bits per heavy atom. The first-order chi connectivity index (χ1) is 9.97. The molecule has 0 radical (unpaired) electrons. The van der Waals surface area contributed by atoms with Crippen LogP contribution in [0.1, 0.15) is 19.8 Å². The van der Waals surface area contributed by atoms with Crippen LogP contribution in [0, 0.1) is 0 Å². The lowest BCUT2D eigenvalue weighted by molar-refractivity contribution is 0.347. The number of hydrogen-bond acceptors (Lipinski definition) is 5. The van der Waals surface area contributed by atoms with Gasteiger partial charge in [-0.15, -0.1) is 0 Å². The fourth-order valence-electron chi connectivity index (χ4n) is 2.46. The Kier molecular flexibility index (Phi) is 5.08. The molecule has 1 fully saturated rings. The van der Waals surface area contributed by atoms with Gasteiger partial charge in [0.1, 0.15) is 0 Å². The van der Waals surface area contributed by atoms with E-state index in [-0.39, 0.29) is 17.0 Å². The molecule has 2 N–H and O–H groups in total. The smallest absolute Gasteiger partial charge is 0.241 e. The Bertz CT molecular complexity index is 589. The van der Waals surface area contributed by atoms with Crippen LogP contribution in [0.2, 0.25) is 0 Å². The van der Waals surface area contributed by atoms with Crippen LogP contribution in [0.25, 0.3) is 0 Å². The van der Waals surface area contributed by atoms with E-state index in [4.69, 9.17) is 9.47 Å². The van der Waals surface area contributed by atoms with Gasteiger partial charge in [-0.3, -0.25) is 0 Å². The van der Waals surface area contributed by atoms with E-state index < -0.39 is 10.0 Å². The highest BCUT2D eigenvalue weighted by Gasteiger charge is 2.27. The largest absolute Gasteiger partial charge is 0.493 e. The van der Waals surface area contributed by atoms with Gasteiger partial charge in [-0.05, 0) is 38.4 Å². The van der Waals surface area contributed by atoms with Crippen molar-refractivity contribution in [1.29, 1.82) is 0 Å². The summed E-state index contributed by atoms with van der Waals surface area (Å²) in [5.41, 5.74) is 0. The maximum Gasteiger partial charge on any atom is 0.241 e. The maximum absolute atomic E-state index is 12.5. The van der Waals surface area contributed by atoms with Crippen molar-refractivity contribution in [3.05, 3.63) is 18.2 Å². The van der Waals surface area contributed by atoms with Gasteiger partial charge in [0, 0.05) is 18.2 Å². The molecule has 1 heterocycles. The molecule has 1 aliphatic rings. The molecule has 0 aliphatic carbocycles. The zero-order valence-corrected chi connectivity index (χ0v) is 13.4. The van der Waals surface area contributed by atoms with Crippen molar-refractivity contribution in [2.45, 2.75) is 36.7 Å². The molecule has 0 aromatic heterocycles. The molecule has 7 heteroatoms. The Labute approximate surface area is 125 Å². The van der Waals surface area contributed by atoms with Crippen molar-refractivity contribution in [2.24, 2.45) is 0 Å². The zero-order valence-electron chi connectivity index (χ0n) is 12.5. The Balaban J connectivity index is 2.22. The van der Waals surface area contributed by atoms with E-state index in [1.165, 1.54) is 26.4 Å². The van der Waals surface area contributed by atoms with Gasteiger partial charge in [0.2, 0.25) is 10.0 Å². The van der Waals surface area contributed by atoms with Crippen LogP contribution in [-0.2, 0) is 10.0 Å². The van der Waals surface area contributed by atoms with Crippen LogP contribution < -0.4 is 19.5 Å². The molecule has 0 saturated carbocycles. The zero-order chi connectivity index (χ0) is 15.5. The van der Waals surface area contributed by atoms with Gasteiger partial charge in [0.15, 0.2) is 11.5 Å². The van der Waals surface area contributed by atoms with E-state index in [1.807, 2.05) is 6.92 Å². The van der Waals surface area contributed by atoms with E-state index in [0.29, 0.717) is 11.5 Å². The molecule has 21 heavy (non-hydrogen) atoms. The fourth-order valence-corrected chi connectivity index (χ4v) is 3.82. The summed E-state index contributed by atoms with van der Waals surface area (Å²) < 4.78 is 38.0. The van der Waals surface area contributed by atoms with Crippen molar-refractivity contribution in [1.82, 2.24) is 10.0 Å². The van der Waals surface area contributed by atoms with E-state index in [2.05, 4.69) is 10.0 Å². The van der Waals surface area contributed by atoms with Gasteiger partial charge < -0.3 is 14.8 Å². The van der Waals surface area contributed by atoms with Gasteiger partial charge in [-0.2, -0.15) is 0 Å². The average molecular weight is 314 g/mol. The Hall–Kier alpha value is -1.31. The summed E-state index contributed by atoms with van der Waals surface area (Å²) in [6.45, 7) is 2.91. The van der Waals surface area contributed by atoms with Crippen LogP contribution in [0.5, 0.6) is 11.5 Å². The standard InChI is InChI=1S/C14H22N2O4S/c1-10-12(5-4-8-15-10)16-21(17,18)11-6-7-13(19-2)14(9-11)20-3/h6-7,9-10,12,15-16H,4-5,8H2,1-3H3. The van der Waals surface area contributed by atoms with Crippen LogP contribution >= 0.6 is 0 Å². The lowest BCUT2D eigenvalue weighted by atomic mass is 10.0. The van der Waals surface area contributed by atoms with Crippen LogP contribution in [0.15, 0.2) is 23.1 Å². The molecule has 2 rings (SSSR count). The van der Waals surface area contributed by atoms with Gasteiger partial charge in [-0.25, -0.2) is 13.1 Å². The van der Waals surface area contributed by atoms with Crippen molar-refractivity contribution < 1.29 is 17.9 Å². The fraction of sp³-hybridized carbons (Fsp3) is 0.571. The van der Waals surface area contributed by atoms with Gasteiger partial charge >= 0.3 is 0 Å². The number of nitrogens with one attached hydrogen (secondary N) is 2. The molecule has 1 aromatic carbocycles. The lowest BCUT2D eigenvalue weighted by Gasteiger charge is -2.30. The summed E-state index contributed by atoms with van der Waals surface area (Å²) in [4.78, 5) is 0.179. The predicted octanol–water partition coefficient (Wildman–Crippen LogP) is 1.12. The minimum Gasteiger partial charge on any atom is -0.493 e. The Morgan fingerprint density at radius 3 is 2.57 bits per heavy atom. The second kappa shape index (κ2) is 6.64. The highest BCUT2D eigenvalue weighted by Crippen LogP contribution is 2.29. The molecule has 0 spiro atoms. The maximum atomic E-state index is 12.5. The molecular formula is C14H22N2O4S. The molecule has 2 atom stereocenters. The summed E-state index contributed by atoms with van der Waals surface area (Å²) in [5, 5.41) is 3.28. The number of hydrogen-bond donors (Lipinski definition) is 2. The molecule has 1 aliphatic heterocycles. The third-order valence-electron chi connectivity index (χ3n) is 3.73. The molecule has 118 valence electrons.